The minimum atomic E-state index is -0.0209. The minimum absolute atomic E-state index is 0.0209. The molecule has 17 heavy (non-hydrogen) atoms. The summed E-state index contributed by atoms with van der Waals surface area (Å²) in [7, 11) is 1.59. The molecule has 94 valence electrons. The van der Waals surface area contributed by atoms with Gasteiger partial charge in [-0.05, 0) is 24.2 Å². The van der Waals surface area contributed by atoms with E-state index >= 15 is 0 Å². The van der Waals surface area contributed by atoms with Crippen LogP contribution in [0.1, 0.15) is 18.9 Å². The van der Waals surface area contributed by atoms with E-state index in [1.165, 1.54) is 0 Å². The van der Waals surface area contributed by atoms with Crippen molar-refractivity contribution in [1.29, 1.82) is 0 Å². The van der Waals surface area contributed by atoms with Gasteiger partial charge in [0.25, 0.3) is 0 Å². The Kier molecular flexibility index (Phi) is 6.29. The van der Waals surface area contributed by atoms with E-state index in [0.29, 0.717) is 13.0 Å². The number of rotatable bonds is 7. The number of hydrogen-bond acceptors (Lipinski definition) is 3. The first kappa shape index (κ1) is 13.7. The van der Waals surface area contributed by atoms with Crippen LogP contribution in [-0.2, 0) is 16.1 Å². The molecule has 0 fully saturated rings. The molecule has 0 bridgehead atoms. The third-order valence-electron chi connectivity index (χ3n) is 2.32. The van der Waals surface area contributed by atoms with Gasteiger partial charge in [0.15, 0.2) is 0 Å². The standard InChI is InChI=1S/C13H20N2O2/c1-3-14-10-11-5-4-6-12(9-11)15-13(16)7-8-17-2/h4-6,9,14H,3,7-8,10H2,1-2H3,(H,15,16). The fourth-order valence-corrected chi connectivity index (χ4v) is 1.45. The summed E-state index contributed by atoms with van der Waals surface area (Å²) in [6, 6.07) is 7.85. The Balaban J connectivity index is 2.50. The van der Waals surface area contributed by atoms with E-state index in [1.54, 1.807) is 7.11 Å². The van der Waals surface area contributed by atoms with Crippen LogP contribution in [0.15, 0.2) is 24.3 Å². The van der Waals surface area contributed by atoms with Crippen LogP contribution in [0.5, 0.6) is 0 Å². The predicted octanol–water partition coefficient (Wildman–Crippen LogP) is 1.77. The summed E-state index contributed by atoms with van der Waals surface area (Å²) >= 11 is 0. The number of benzene rings is 1. The second kappa shape index (κ2) is 7.81. The second-order valence-corrected chi connectivity index (χ2v) is 3.77. The monoisotopic (exact) mass is 236 g/mol. The number of methoxy groups -OCH3 is 1. The second-order valence-electron chi connectivity index (χ2n) is 3.77. The third kappa shape index (κ3) is 5.47. The number of ether oxygens (including phenoxy) is 1. The predicted molar refractivity (Wildman–Crippen MR) is 68.9 cm³/mol. The van der Waals surface area contributed by atoms with Gasteiger partial charge in [-0.3, -0.25) is 4.79 Å². The van der Waals surface area contributed by atoms with E-state index in [4.69, 9.17) is 4.74 Å². The van der Waals surface area contributed by atoms with E-state index in [1.807, 2.05) is 24.3 Å². The molecular formula is C13H20N2O2. The molecule has 1 aromatic carbocycles. The lowest BCUT2D eigenvalue weighted by Crippen LogP contribution is -2.15. The molecule has 0 aromatic heterocycles. The Morgan fingerprint density at radius 1 is 1.41 bits per heavy atom. The van der Waals surface area contributed by atoms with Crippen molar-refractivity contribution in [3.8, 4) is 0 Å². The number of nitrogens with one attached hydrogen (secondary N) is 2. The van der Waals surface area contributed by atoms with E-state index in [2.05, 4.69) is 17.6 Å². The number of hydrogen-bond donors (Lipinski definition) is 2. The van der Waals surface area contributed by atoms with Gasteiger partial charge >= 0.3 is 0 Å². The highest BCUT2D eigenvalue weighted by Gasteiger charge is 2.02. The summed E-state index contributed by atoms with van der Waals surface area (Å²) in [5.41, 5.74) is 2.00. The highest BCUT2D eigenvalue weighted by atomic mass is 16.5. The van der Waals surface area contributed by atoms with Crippen LogP contribution >= 0.6 is 0 Å². The molecule has 0 unspecified atom stereocenters. The molecular weight excluding hydrogens is 216 g/mol. The maximum Gasteiger partial charge on any atom is 0.226 e. The van der Waals surface area contributed by atoms with Crippen molar-refractivity contribution in [2.75, 3.05) is 25.6 Å². The van der Waals surface area contributed by atoms with Crippen molar-refractivity contribution in [1.82, 2.24) is 5.32 Å². The molecule has 0 radical (unpaired) electrons. The molecule has 0 spiro atoms. The maximum absolute atomic E-state index is 11.5. The Bertz CT molecular complexity index is 353. The largest absolute Gasteiger partial charge is 0.384 e. The lowest BCUT2D eigenvalue weighted by Gasteiger charge is -2.07. The van der Waals surface area contributed by atoms with Crippen LogP contribution in [0.3, 0.4) is 0 Å². The first-order valence-electron chi connectivity index (χ1n) is 5.84. The summed E-state index contributed by atoms with van der Waals surface area (Å²) in [6.07, 6.45) is 0.383. The van der Waals surface area contributed by atoms with Gasteiger partial charge in [0.1, 0.15) is 0 Å². The van der Waals surface area contributed by atoms with Gasteiger partial charge < -0.3 is 15.4 Å². The highest BCUT2D eigenvalue weighted by Crippen LogP contribution is 2.10. The maximum atomic E-state index is 11.5. The van der Waals surface area contributed by atoms with Gasteiger partial charge in [0, 0.05) is 19.3 Å². The van der Waals surface area contributed by atoms with Gasteiger partial charge in [-0.25, -0.2) is 0 Å². The Morgan fingerprint density at radius 2 is 2.24 bits per heavy atom. The molecule has 2 N–H and O–H groups in total. The fraction of sp³-hybridized carbons (Fsp3) is 0.462. The van der Waals surface area contributed by atoms with Crippen LogP contribution in [-0.4, -0.2) is 26.2 Å². The van der Waals surface area contributed by atoms with Crippen LogP contribution in [0.4, 0.5) is 5.69 Å². The SMILES string of the molecule is CCNCc1cccc(NC(=O)CCOC)c1. The lowest BCUT2D eigenvalue weighted by atomic mass is 10.2. The summed E-state index contributed by atoms with van der Waals surface area (Å²) in [6.45, 7) is 4.27. The van der Waals surface area contributed by atoms with Crippen molar-refractivity contribution in [3.05, 3.63) is 29.8 Å². The normalized spacial score (nSPS) is 10.2. The molecule has 0 aliphatic carbocycles. The van der Waals surface area contributed by atoms with Crippen LogP contribution in [0, 0.1) is 0 Å². The highest BCUT2D eigenvalue weighted by molar-refractivity contribution is 5.90. The van der Waals surface area contributed by atoms with E-state index in [0.717, 1.165) is 24.3 Å². The summed E-state index contributed by atoms with van der Waals surface area (Å²) in [5.74, 6) is -0.0209. The zero-order chi connectivity index (χ0) is 12.5. The van der Waals surface area contributed by atoms with E-state index < -0.39 is 0 Å². The summed E-state index contributed by atoms with van der Waals surface area (Å²) in [5, 5.41) is 6.09. The molecule has 4 nitrogen and oxygen atoms in total. The van der Waals surface area contributed by atoms with Crippen molar-refractivity contribution in [2.45, 2.75) is 19.9 Å². The van der Waals surface area contributed by atoms with Crippen molar-refractivity contribution >= 4 is 11.6 Å². The number of carbonyl (C=O) groups excluding carboxylic acids is 1. The molecule has 0 aliphatic heterocycles. The third-order valence-corrected chi connectivity index (χ3v) is 2.32. The Hall–Kier alpha value is -1.39. The van der Waals surface area contributed by atoms with Crippen molar-refractivity contribution < 1.29 is 9.53 Å². The van der Waals surface area contributed by atoms with Gasteiger partial charge in [0.05, 0.1) is 13.0 Å². The summed E-state index contributed by atoms with van der Waals surface area (Å²) in [4.78, 5) is 11.5. The minimum Gasteiger partial charge on any atom is -0.384 e. The van der Waals surface area contributed by atoms with Crippen LogP contribution in [0.2, 0.25) is 0 Å². The molecule has 1 aromatic rings. The van der Waals surface area contributed by atoms with Crippen LogP contribution < -0.4 is 10.6 Å². The van der Waals surface area contributed by atoms with E-state index in [-0.39, 0.29) is 5.91 Å². The van der Waals surface area contributed by atoms with Gasteiger partial charge in [-0.2, -0.15) is 0 Å². The molecule has 4 heteroatoms. The summed E-state index contributed by atoms with van der Waals surface area (Å²) < 4.78 is 4.86. The van der Waals surface area contributed by atoms with Gasteiger partial charge in [0.2, 0.25) is 5.91 Å². The van der Waals surface area contributed by atoms with E-state index in [9.17, 15) is 4.79 Å². The molecule has 1 amide bonds. The molecule has 0 saturated heterocycles. The molecule has 0 saturated carbocycles. The van der Waals surface area contributed by atoms with Crippen LogP contribution in [0.25, 0.3) is 0 Å². The molecule has 0 heterocycles. The first-order valence-corrected chi connectivity index (χ1v) is 5.84. The number of carbonyl (C=O) groups is 1. The molecule has 0 aliphatic rings. The Morgan fingerprint density at radius 3 is 2.94 bits per heavy atom. The quantitative estimate of drug-likeness (QED) is 0.758. The Labute approximate surface area is 102 Å². The zero-order valence-corrected chi connectivity index (χ0v) is 10.5. The molecule has 0 atom stereocenters. The number of amides is 1. The lowest BCUT2D eigenvalue weighted by molar-refractivity contribution is -0.117. The average Bonchev–Trinajstić information content (AvgIpc) is 2.34. The van der Waals surface area contributed by atoms with Crippen molar-refractivity contribution in [2.24, 2.45) is 0 Å². The van der Waals surface area contributed by atoms with Gasteiger partial charge in [-0.1, -0.05) is 19.1 Å². The molecule has 1 rings (SSSR count). The smallest absolute Gasteiger partial charge is 0.226 e. The topological polar surface area (TPSA) is 50.4 Å². The number of anilines is 1. The van der Waals surface area contributed by atoms with Crippen molar-refractivity contribution in [3.63, 3.8) is 0 Å². The first-order chi connectivity index (χ1) is 8.26. The average molecular weight is 236 g/mol. The zero-order valence-electron chi connectivity index (χ0n) is 10.5. The van der Waals surface area contributed by atoms with Gasteiger partial charge in [-0.15, -0.1) is 0 Å². The fourth-order valence-electron chi connectivity index (χ4n) is 1.45.